The van der Waals surface area contributed by atoms with Crippen molar-refractivity contribution in [2.45, 2.75) is 6.54 Å². The molecule has 2 aromatic rings. The van der Waals surface area contributed by atoms with E-state index in [-0.39, 0.29) is 18.2 Å². The minimum atomic E-state index is -0.268. The molecule has 0 bridgehead atoms. The molecule has 0 aromatic heterocycles. The van der Waals surface area contributed by atoms with E-state index in [9.17, 15) is 9.90 Å². The van der Waals surface area contributed by atoms with E-state index in [0.717, 1.165) is 3.57 Å². The maximum Gasteiger partial charge on any atom is 0.252 e. The van der Waals surface area contributed by atoms with Crippen molar-refractivity contribution < 1.29 is 24.1 Å². The first-order chi connectivity index (χ1) is 11.5. The zero-order valence-corrected chi connectivity index (χ0v) is 15.7. The van der Waals surface area contributed by atoms with Gasteiger partial charge in [-0.2, -0.15) is 0 Å². The molecule has 2 aromatic carbocycles. The lowest BCUT2D eigenvalue weighted by atomic mass is 10.1. The zero-order chi connectivity index (χ0) is 17.7. The Balaban J connectivity index is 2.15. The first kappa shape index (κ1) is 18.2. The highest BCUT2D eigenvalue weighted by atomic mass is 127. The summed E-state index contributed by atoms with van der Waals surface area (Å²) in [6.07, 6.45) is 0. The Morgan fingerprint density at radius 2 is 1.75 bits per heavy atom. The number of ether oxygens (including phenoxy) is 3. The lowest BCUT2D eigenvalue weighted by Crippen LogP contribution is -2.23. The maximum absolute atomic E-state index is 12.4. The van der Waals surface area contributed by atoms with Gasteiger partial charge in [-0.15, -0.1) is 0 Å². The Labute approximate surface area is 153 Å². The second-order valence-electron chi connectivity index (χ2n) is 4.86. The van der Waals surface area contributed by atoms with Gasteiger partial charge in [-0.1, -0.05) is 0 Å². The van der Waals surface area contributed by atoms with Crippen LogP contribution in [0.4, 0.5) is 0 Å². The molecule has 0 aliphatic heterocycles. The second kappa shape index (κ2) is 8.09. The monoisotopic (exact) mass is 443 g/mol. The molecule has 0 aliphatic rings. The third-order valence-corrected chi connectivity index (χ3v) is 4.34. The number of aromatic hydroxyl groups is 1. The van der Waals surface area contributed by atoms with Gasteiger partial charge in [0.1, 0.15) is 11.5 Å². The molecule has 128 valence electrons. The van der Waals surface area contributed by atoms with Crippen LogP contribution in [-0.2, 0) is 6.54 Å². The van der Waals surface area contributed by atoms with Crippen LogP contribution >= 0.6 is 22.6 Å². The normalized spacial score (nSPS) is 10.2. The van der Waals surface area contributed by atoms with Crippen LogP contribution in [0.1, 0.15) is 15.9 Å². The van der Waals surface area contributed by atoms with Crippen LogP contribution in [0.5, 0.6) is 23.0 Å². The van der Waals surface area contributed by atoms with Gasteiger partial charge in [-0.25, -0.2) is 0 Å². The van der Waals surface area contributed by atoms with E-state index in [4.69, 9.17) is 14.2 Å². The van der Waals surface area contributed by atoms with Crippen molar-refractivity contribution in [2.24, 2.45) is 0 Å². The van der Waals surface area contributed by atoms with Crippen LogP contribution in [0.2, 0.25) is 0 Å². The molecule has 0 atom stereocenters. The van der Waals surface area contributed by atoms with Crippen LogP contribution in [0, 0.1) is 3.57 Å². The number of phenols is 1. The number of nitrogens with one attached hydrogen (secondary N) is 1. The molecule has 0 heterocycles. The molecule has 0 radical (unpaired) electrons. The number of benzene rings is 2. The fraction of sp³-hybridized carbons (Fsp3) is 0.235. The third-order valence-electron chi connectivity index (χ3n) is 3.45. The summed E-state index contributed by atoms with van der Waals surface area (Å²) < 4.78 is 16.2. The summed E-state index contributed by atoms with van der Waals surface area (Å²) in [4.78, 5) is 12.4. The Hall–Kier alpha value is -2.16. The first-order valence-electron chi connectivity index (χ1n) is 7.05. The van der Waals surface area contributed by atoms with Gasteiger partial charge in [0, 0.05) is 21.7 Å². The van der Waals surface area contributed by atoms with Crippen LogP contribution in [0.15, 0.2) is 30.3 Å². The summed E-state index contributed by atoms with van der Waals surface area (Å²) in [5.41, 5.74) is 1.07. The van der Waals surface area contributed by atoms with E-state index >= 15 is 0 Å². The van der Waals surface area contributed by atoms with Gasteiger partial charge >= 0.3 is 0 Å². The van der Waals surface area contributed by atoms with E-state index in [1.807, 2.05) is 0 Å². The molecule has 0 unspecified atom stereocenters. The number of hydrogen-bond donors (Lipinski definition) is 2. The molecule has 0 saturated heterocycles. The Morgan fingerprint density at radius 3 is 2.33 bits per heavy atom. The summed E-state index contributed by atoms with van der Waals surface area (Å²) in [5, 5.41) is 12.7. The van der Waals surface area contributed by atoms with Gasteiger partial charge < -0.3 is 24.6 Å². The Bertz CT molecular complexity index is 748. The summed E-state index contributed by atoms with van der Waals surface area (Å²) in [6, 6.07) is 8.29. The number of phenolic OH excluding ortho intramolecular Hbond substituents is 1. The van der Waals surface area contributed by atoms with Crippen molar-refractivity contribution >= 4 is 28.5 Å². The number of halogens is 1. The van der Waals surface area contributed by atoms with Crippen molar-refractivity contribution in [1.29, 1.82) is 0 Å². The van der Waals surface area contributed by atoms with E-state index in [0.29, 0.717) is 28.4 Å². The van der Waals surface area contributed by atoms with Crippen LogP contribution in [0.3, 0.4) is 0 Å². The number of amides is 1. The molecule has 0 aliphatic carbocycles. The molecule has 6 nitrogen and oxygen atoms in total. The average molecular weight is 443 g/mol. The Morgan fingerprint density at radius 1 is 1.08 bits per heavy atom. The third kappa shape index (κ3) is 4.02. The number of rotatable bonds is 6. The summed E-state index contributed by atoms with van der Waals surface area (Å²) in [6.45, 7) is 0.194. The molecule has 24 heavy (non-hydrogen) atoms. The van der Waals surface area contributed by atoms with Crippen molar-refractivity contribution in [3.8, 4) is 23.0 Å². The molecule has 1 amide bonds. The van der Waals surface area contributed by atoms with Gasteiger partial charge in [0.25, 0.3) is 5.91 Å². The predicted molar refractivity (Wildman–Crippen MR) is 98.1 cm³/mol. The van der Waals surface area contributed by atoms with E-state index < -0.39 is 0 Å². The topological polar surface area (TPSA) is 77.0 Å². The lowest BCUT2D eigenvalue weighted by molar-refractivity contribution is 0.0949. The highest BCUT2D eigenvalue weighted by molar-refractivity contribution is 14.1. The standard InChI is InChI=1S/C17H18INO5/c1-22-11-5-4-10(14(20)6-11)9-19-17(21)12-7-15(23-2)16(24-3)8-13(12)18/h4-8,20H,9H2,1-3H3,(H,19,21). The van der Waals surface area contributed by atoms with Crippen LogP contribution < -0.4 is 19.5 Å². The summed E-state index contributed by atoms with van der Waals surface area (Å²) >= 11 is 2.07. The average Bonchev–Trinajstić information content (AvgIpc) is 2.59. The van der Waals surface area contributed by atoms with Gasteiger partial charge in [-0.3, -0.25) is 4.79 Å². The highest BCUT2D eigenvalue weighted by Gasteiger charge is 2.16. The van der Waals surface area contributed by atoms with E-state index in [1.54, 1.807) is 31.4 Å². The fourth-order valence-electron chi connectivity index (χ4n) is 2.12. The molecule has 0 fully saturated rings. The van der Waals surface area contributed by atoms with Gasteiger partial charge in [0.15, 0.2) is 11.5 Å². The zero-order valence-electron chi connectivity index (χ0n) is 13.6. The number of carbonyl (C=O) groups excluding carboxylic acids is 1. The number of carbonyl (C=O) groups is 1. The van der Waals surface area contributed by atoms with Crippen LogP contribution in [0.25, 0.3) is 0 Å². The molecule has 2 rings (SSSR count). The van der Waals surface area contributed by atoms with Gasteiger partial charge in [0.2, 0.25) is 0 Å². The number of hydrogen-bond acceptors (Lipinski definition) is 5. The van der Waals surface area contributed by atoms with Crippen LogP contribution in [-0.4, -0.2) is 32.3 Å². The second-order valence-corrected chi connectivity index (χ2v) is 6.03. The lowest BCUT2D eigenvalue weighted by Gasteiger charge is -2.13. The summed E-state index contributed by atoms with van der Waals surface area (Å²) in [7, 11) is 4.58. The van der Waals surface area contributed by atoms with Crippen molar-refractivity contribution in [3.63, 3.8) is 0 Å². The first-order valence-corrected chi connectivity index (χ1v) is 8.13. The highest BCUT2D eigenvalue weighted by Crippen LogP contribution is 2.31. The number of methoxy groups -OCH3 is 3. The largest absolute Gasteiger partial charge is 0.507 e. The molecular formula is C17H18INO5. The quantitative estimate of drug-likeness (QED) is 0.672. The molecule has 7 heteroatoms. The van der Waals surface area contributed by atoms with Crippen molar-refractivity contribution in [3.05, 3.63) is 45.0 Å². The van der Waals surface area contributed by atoms with Crippen molar-refractivity contribution in [1.82, 2.24) is 5.32 Å². The minimum Gasteiger partial charge on any atom is -0.507 e. The molecule has 2 N–H and O–H groups in total. The predicted octanol–water partition coefficient (Wildman–Crippen LogP) is 2.95. The smallest absolute Gasteiger partial charge is 0.252 e. The van der Waals surface area contributed by atoms with Gasteiger partial charge in [-0.05, 0) is 46.9 Å². The molecule has 0 saturated carbocycles. The van der Waals surface area contributed by atoms with E-state index in [2.05, 4.69) is 27.9 Å². The Kier molecular flexibility index (Phi) is 6.13. The maximum atomic E-state index is 12.4. The SMILES string of the molecule is COc1ccc(CNC(=O)c2cc(OC)c(OC)cc2I)c(O)c1. The van der Waals surface area contributed by atoms with Gasteiger partial charge in [0.05, 0.1) is 26.9 Å². The minimum absolute atomic E-state index is 0.0664. The summed E-state index contributed by atoms with van der Waals surface area (Å²) in [5.74, 6) is 1.39. The molecule has 0 spiro atoms. The fourth-order valence-corrected chi connectivity index (χ4v) is 2.80. The molecular weight excluding hydrogens is 425 g/mol. The van der Waals surface area contributed by atoms with Crippen molar-refractivity contribution in [2.75, 3.05) is 21.3 Å². The van der Waals surface area contributed by atoms with E-state index in [1.165, 1.54) is 20.3 Å².